The number of aromatic nitrogens is 1. The van der Waals surface area contributed by atoms with Crippen LogP contribution in [-0.2, 0) is 6.54 Å². The molecule has 1 aromatic heterocycles. The van der Waals surface area contributed by atoms with Gasteiger partial charge < -0.3 is 19.4 Å². The van der Waals surface area contributed by atoms with Crippen LogP contribution in [0, 0.1) is 6.92 Å². The van der Waals surface area contributed by atoms with Gasteiger partial charge in [-0.3, -0.25) is 4.79 Å². The van der Waals surface area contributed by atoms with Crippen molar-refractivity contribution in [3.63, 3.8) is 0 Å². The van der Waals surface area contributed by atoms with E-state index in [0.717, 1.165) is 44.8 Å². The lowest BCUT2D eigenvalue weighted by Crippen LogP contribution is -3.12. The SMILES string of the molecule is COc1cc(C)c(C[NH+](C)[C@H](C)C(=O)c2c[nH]c3ccccc23)cc1OC. The van der Waals surface area contributed by atoms with Crippen LogP contribution in [0.3, 0.4) is 0 Å². The average Bonchev–Trinajstić information content (AvgIpc) is 3.12. The summed E-state index contributed by atoms with van der Waals surface area (Å²) in [5.74, 6) is 1.57. The number of hydrogen-bond acceptors (Lipinski definition) is 3. The Morgan fingerprint density at radius 2 is 1.81 bits per heavy atom. The number of rotatable bonds is 7. The van der Waals surface area contributed by atoms with Crippen molar-refractivity contribution in [3.05, 3.63) is 59.3 Å². The number of H-pyrrole nitrogens is 1. The van der Waals surface area contributed by atoms with Crippen molar-refractivity contribution < 1.29 is 19.2 Å². The zero-order valence-corrected chi connectivity index (χ0v) is 16.6. The predicted octanol–water partition coefficient (Wildman–Crippen LogP) is 2.78. The van der Waals surface area contributed by atoms with Crippen LogP contribution < -0.4 is 14.4 Å². The Kier molecular flexibility index (Phi) is 5.51. The monoisotopic (exact) mass is 367 g/mol. The first kappa shape index (κ1) is 19.0. The van der Waals surface area contributed by atoms with Crippen molar-refractivity contribution in [3.8, 4) is 11.5 Å². The van der Waals surface area contributed by atoms with Crippen LogP contribution >= 0.6 is 0 Å². The molecule has 0 aliphatic carbocycles. The van der Waals surface area contributed by atoms with Gasteiger partial charge in [-0.15, -0.1) is 0 Å². The number of carbonyl (C=O) groups is 1. The number of hydrogen-bond donors (Lipinski definition) is 2. The Morgan fingerprint density at radius 1 is 1.15 bits per heavy atom. The quantitative estimate of drug-likeness (QED) is 0.632. The topological polar surface area (TPSA) is 55.8 Å². The minimum atomic E-state index is -0.170. The van der Waals surface area contributed by atoms with Gasteiger partial charge in [0.2, 0.25) is 5.78 Å². The number of para-hydroxylation sites is 1. The van der Waals surface area contributed by atoms with Gasteiger partial charge in [-0.1, -0.05) is 18.2 Å². The first-order valence-corrected chi connectivity index (χ1v) is 9.10. The lowest BCUT2D eigenvalue weighted by atomic mass is 10.0. The molecule has 3 aromatic rings. The molecule has 0 saturated carbocycles. The molecule has 2 aromatic carbocycles. The number of quaternary nitrogens is 1. The summed E-state index contributed by atoms with van der Waals surface area (Å²) < 4.78 is 10.8. The van der Waals surface area contributed by atoms with E-state index in [1.807, 2.05) is 56.6 Å². The van der Waals surface area contributed by atoms with E-state index in [9.17, 15) is 4.79 Å². The summed E-state index contributed by atoms with van der Waals surface area (Å²) in [5.41, 5.74) is 4.00. The lowest BCUT2D eigenvalue weighted by Gasteiger charge is -2.22. The van der Waals surface area contributed by atoms with Crippen LogP contribution in [0.1, 0.15) is 28.4 Å². The second-order valence-electron chi connectivity index (χ2n) is 6.99. The van der Waals surface area contributed by atoms with Crippen LogP contribution in [-0.4, -0.2) is 38.1 Å². The Bertz CT molecular complexity index is 961. The van der Waals surface area contributed by atoms with Gasteiger partial charge in [0.15, 0.2) is 11.5 Å². The first-order chi connectivity index (χ1) is 13.0. The number of aryl methyl sites for hydroxylation is 1. The largest absolute Gasteiger partial charge is 0.493 e. The van der Waals surface area contributed by atoms with Crippen molar-refractivity contribution >= 4 is 16.7 Å². The summed E-state index contributed by atoms with van der Waals surface area (Å²) >= 11 is 0. The standard InChI is InChI=1S/C22H26N2O3/c1-14-10-20(26-4)21(27-5)11-16(14)13-24(3)15(2)22(25)18-12-23-19-9-7-6-8-17(18)19/h6-12,15,23H,13H2,1-5H3/p+1/t15-/m1/s1. The number of aromatic amines is 1. The second-order valence-corrected chi connectivity index (χ2v) is 6.99. The average molecular weight is 367 g/mol. The third-order valence-corrected chi connectivity index (χ3v) is 5.30. The predicted molar refractivity (Wildman–Crippen MR) is 107 cm³/mol. The molecule has 0 saturated heterocycles. The Hall–Kier alpha value is -2.79. The maximum atomic E-state index is 13.1. The molecule has 1 unspecified atom stereocenters. The highest BCUT2D eigenvalue weighted by molar-refractivity contribution is 6.09. The molecule has 0 fully saturated rings. The summed E-state index contributed by atoms with van der Waals surface area (Å²) in [4.78, 5) is 17.4. The fourth-order valence-electron chi connectivity index (χ4n) is 3.40. The number of carbonyl (C=O) groups excluding carboxylic acids is 1. The van der Waals surface area contributed by atoms with E-state index in [2.05, 4.69) is 11.9 Å². The Balaban J connectivity index is 1.81. The highest BCUT2D eigenvalue weighted by atomic mass is 16.5. The first-order valence-electron chi connectivity index (χ1n) is 9.10. The second kappa shape index (κ2) is 7.84. The molecule has 0 bridgehead atoms. The number of benzene rings is 2. The van der Waals surface area contributed by atoms with Gasteiger partial charge in [0.25, 0.3) is 0 Å². The summed E-state index contributed by atoms with van der Waals surface area (Å²) in [6, 6.07) is 11.7. The van der Waals surface area contributed by atoms with Crippen LogP contribution in [0.4, 0.5) is 0 Å². The maximum Gasteiger partial charge on any atom is 0.221 e. The smallest absolute Gasteiger partial charge is 0.221 e. The molecular formula is C22H27N2O3+. The number of Topliss-reactive ketones (excluding diaryl/α,β-unsaturated/α-hetero) is 1. The van der Waals surface area contributed by atoms with Crippen molar-refractivity contribution in [1.29, 1.82) is 0 Å². The third kappa shape index (κ3) is 3.69. The number of likely N-dealkylation sites (N-methyl/N-ethyl adjacent to an activating group) is 1. The van der Waals surface area contributed by atoms with Gasteiger partial charge in [0.1, 0.15) is 12.6 Å². The normalized spacial score (nSPS) is 13.4. The molecule has 0 amide bonds. The number of ketones is 1. The molecule has 27 heavy (non-hydrogen) atoms. The lowest BCUT2D eigenvalue weighted by molar-refractivity contribution is -0.907. The zero-order valence-electron chi connectivity index (χ0n) is 16.6. The summed E-state index contributed by atoms with van der Waals surface area (Å²) in [7, 11) is 5.32. The minimum Gasteiger partial charge on any atom is -0.493 e. The number of methoxy groups -OCH3 is 2. The van der Waals surface area contributed by atoms with Gasteiger partial charge in [-0.2, -0.15) is 0 Å². The van der Waals surface area contributed by atoms with E-state index in [1.165, 1.54) is 0 Å². The van der Waals surface area contributed by atoms with E-state index in [0.29, 0.717) is 5.75 Å². The van der Waals surface area contributed by atoms with Crippen LogP contribution in [0.2, 0.25) is 0 Å². The van der Waals surface area contributed by atoms with E-state index in [1.54, 1.807) is 14.2 Å². The van der Waals surface area contributed by atoms with Crippen molar-refractivity contribution in [1.82, 2.24) is 4.98 Å². The third-order valence-electron chi connectivity index (χ3n) is 5.30. The molecule has 2 atom stereocenters. The van der Waals surface area contributed by atoms with Gasteiger partial charge in [0.05, 0.1) is 21.3 Å². The zero-order chi connectivity index (χ0) is 19.6. The van der Waals surface area contributed by atoms with Gasteiger partial charge >= 0.3 is 0 Å². The van der Waals surface area contributed by atoms with Gasteiger partial charge in [-0.05, 0) is 37.6 Å². The molecule has 5 nitrogen and oxygen atoms in total. The Morgan fingerprint density at radius 3 is 2.52 bits per heavy atom. The van der Waals surface area contributed by atoms with Crippen LogP contribution in [0.25, 0.3) is 10.9 Å². The molecule has 5 heteroatoms. The van der Waals surface area contributed by atoms with Crippen molar-refractivity contribution in [2.24, 2.45) is 0 Å². The van der Waals surface area contributed by atoms with Crippen molar-refractivity contribution in [2.45, 2.75) is 26.4 Å². The van der Waals surface area contributed by atoms with E-state index >= 15 is 0 Å². The number of fused-ring (bicyclic) bond motifs is 1. The molecule has 0 spiro atoms. The minimum absolute atomic E-state index is 0.142. The van der Waals surface area contributed by atoms with E-state index < -0.39 is 0 Å². The van der Waals surface area contributed by atoms with E-state index in [4.69, 9.17) is 9.47 Å². The van der Waals surface area contributed by atoms with Crippen molar-refractivity contribution in [2.75, 3.05) is 21.3 Å². The van der Waals surface area contributed by atoms with Gasteiger partial charge in [-0.25, -0.2) is 0 Å². The van der Waals surface area contributed by atoms with E-state index in [-0.39, 0.29) is 11.8 Å². The molecule has 0 aliphatic heterocycles. The molecular weight excluding hydrogens is 340 g/mol. The number of nitrogens with one attached hydrogen (secondary N) is 2. The Labute approximate surface area is 159 Å². The fraction of sp³-hybridized carbons (Fsp3) is 0.318. The summed E-state index contributed by atoms with van der Waals surface area (Å²) in [5, 5.41) is 0.976. The highest BCUT2D eigenvalue weighted by Gasteiger charge is 2.26. The molecule has 2 N–H and O–H groups in total. The summed E-state index contributed by atoms with van der Waals surface area (Å²) in [6.45, 7) is 4.76. The molecule has 3 rings (SSSR count). The maximum absolute atomic E-state index is 13.1. The van der Waals surface area contributed by atoms with Crippen LogP contribution in [0.15, 0.2) is 42.6 Å². The van der Waals surface area contributed by atoms with Gasteiger partial charge in [0, 0.05) is 28.2 Å². The molecule has 0 aliphatic rings. The summed E-state index contributed by atoms with van der Waals surface area (Å²) in [6.07, 6.45) is 1.82. The molecule has 142 valence electrons. The highest BCUT2D eigenvalue weighted by Crippen LogP contribution is 2.30. The van der Waals surface area contributed by atoms with Crippen LogP contribution in [0.5, 0.6) is 11.5 Å². The molecule has 0 radical (unpaired) electrons. The molecule has 1 heterocycles. The number of ether oxygens (including phenoxy) is 2. The fourth-order valence-corrected chi connectivity index (χ4v) is 3.40.